The van der Waals surface area contributed by atoms with Gasteiger partial charge in [-0.05, 0) is 18.6 Å². The molecule has 1 unspecified atom stereocenters. The maximum absolute atomic E-state index is 10.4. The van der Waals surface area contributed by atoms with Gasteiger partial charge in [-0.2, -0.15) is 0 Å². The largest absolute Gasteiger partial charge is 0.395 e. The van der Waals surface area contributed by atoms with Crippen LogP contribution in [0.1, 0.15) is 110 Å². The second-order valence-electron chi connectivity index (χ2n) is 11.1. The van der Waals surface area contributed by atoms with E-state index in [1.54, 1.807) is 21.1 Å². The fourth-order valence-electron chi connectivity index (χ4n) is 4.04. The Balaban J connectivity index is 0. The molecule has 224 valence electrons. The minimum Gasteiger partial charge on any atom is -0.395 e. The van der Waals surface area contributed by atoms with E-state index in [-0.39, 0.29) is 13.2 Å². The summed E-state index contributed by atoms with van der Waals surface area (Å²) in [4.78, 5) is 19.1. The van der Waals surface area contributed by atoms with Crippen LogP contribution in [0.25, 0.3) is 0 Å². The van der Waals surface area contributed by atoms with Gasteiger partial charge < -0.3 is 34.7 Å². The van der Waals surface area contributed by atoms with E-state index < -0.39 is 13.4 Å². The van der Waals surface area contributed by atoms with Crippen LogP contribution in [0.4, 0.5) is 0 Å². The molecule has 0 saturated heterocycles. The van der Waals surface area contributed by atoms with E-state index in [9.17, 15) is 4.57 Å². The van der Waals surface area contributed by atoms with E-state index in [2.05, 4.69) is 17.1 Å². The van der Waals surface area contributed by atoms with Crippen LogP contribution < -0.4 is 5.32 Å². The predicted octanol–water partition coefficient (Wildman–Crippen LogP) is 5.24. The van der Waals surface area contributed by atoms with Crippen LogP contribution >= 0.6 is 19.8 Å². The van der Waals surface area contributed by atoms with Gasteiger partial charge in [0, 0.05) is 20.1 Å². The molecule has 0 aromatic rings. The van der Waals surface area contributed by atoms with Gasteiger partial charge in [-0.15, -0.1) is 0 Å². The second-order valence-corrected chi connectivity index (χ2v) is 13.3. The Hall–Kier alpha value is -0.280. The van der Waals surface area contributed by atoms with E-state index in [0.29, 0.717) is 11.0 Å². The van der Waals surface area contributed by atoms with Crippen LogP contribution in [0.2, 0.25) is 0 Å². The zero-order valence-electron chi connectivity index (χ0n) is 24.7. The molecule has 1 atom stereocenters. The minimum absolute atomic E-state index is 0.0459. The summed E-state index contributed by atoms with van der Waals surface area (Å²) in [6.07, 6.45) is 22.3. The number of nitrogens with zero attached hydrogens (tertiary/aromatic N) is 2. The Kier molecular flexibility index (Phi) is 26.0. The Morgan fingerprint density at radius 3 is 1.46 bits per heavy atom. The average Bonchev–Trinajstić information content (AvgIpc) is 2.81. The summed E-state index contributed by atoms with van der Waals surface area (Å²) in [6.45, 7) is 4.09. The molecular weight excluding hydrogens is 509 g/mol. The van der Waals surface area contributed by atoms with E-state index in [1.807, 2.05) is 7.05 Å². The van der Waals surface area contributed by atoms with Gasteiger partial charge in [0.25, 0.3) is 0 Å². The predicted molar refractivity (Wildman–Crippen MR) is 161 cm³/mol. The van der Waals surface area contributed by atoms with Gasteiger partial charge in [0.2, 0.25) is 5.85 Å². The lowest BCUT2D eigenvalue weighted by Crippen LogP contribution is -2.41. The third-order valence-corrected chi connectivity index (χ3v) is 7.65. The molecule has 0 aromatic carbocycles. The molecule has 10 heteroatoms. The van der Waals surface area contributed by atoms with Crippen LogP contribution in [0, 0.1) is 0 Å². The highest BCUT2D eigenvalue weighted by atomic mass is 32.1. The second kappa shape index (κ2) is 24.7. The van der Waals surface area contributed by atoms with Crippen LogP contribution in [0.15, 0.2) is 0 Å². The lowest BCUT2D eigenvalue weighted by atomic mass is 10.0. The summed E-state index contributed by atoms with van der Waals surface area (Å²) >= 11 is 5.26. The van der Waals surface area contributed by atoms with E-state index in [4.69, 9.17) is 32.2 Å². The van der Waals surface area contributed by atoms with Crippen molar-refractivity contribution in [2.75, 3.05) is 54.4 Å². The van der Waals surface area contributed by atoms with E-state index in [0.717, 1.165) is 11.7 Å². The monoisotopic (exact) mass is 570 g/mol. The number of quaternary nitrogens is 1. The fourth-order valence-corrected chi connectivity index (χ4v) is 4.93. The smallest absolute Gasteiger partial charge is 0.359 e. The van der Waals surface area contributed by atoms with E-state index >= 15 is 0 Å². The molecule has 0 rings (SSSR count). The van der Waals surface area contributed by atoms with Crippen LogP contribution in [-0.2, 0) is 4.57 Å². The molecular formula is C27H61N3O5PS+. The standard InChI is InChI=1S/C22H46N2OS.C5H14NO4P/c1-3-4-5-6-7-8-9-10-11-12-13-14-15-16-17-18-19-24(20-21-25)22(26)23-2;1-6(2,3)4-5(7)11(8,9)10/h25H,3-21H2,1-2H3,(H,23,26);5,7H,4H2,1-3H3,(H-,8,9,10)/p+1. The van der Waals surface area contributed by atoms with E-state index in [1.165, 1.54) is 103 Å². The normalized spacial score (nSPS) is 12.6. The number of hydrogen-bond acceptors (Lipinski definition) is 4. The van der Waals surface area contributed by atoms with Crippen molar-refractivity contribution >= 4 is 24.9 Å². The molecule has 0 aliphatic rings. The lowest BCUT2D eigenvalue weighted by molar-refractivity contribution is -0.872. The highest BCUT2D eigenvalue weighted by Crippen LogP contribution is 2.39. The molecule has 5 N–H and O–H groups in total. The molecule has 0 fully saturated rings. The van der Waals surface area contributed by atoms with Gasteiger partial charge in [0.1, 0.15) is 6.54 Å². The maximum atomic E-state index is 10.4. The summed E-state index contributed by atoms with van der Waals surface area (Å²) in [7, 11) is 2.78. The number of aliphatic hydroxyl groups excluding tert-OH is 2. The number of hydrogen-bond donors (Lipinski definition) is 5. The quantitative estimate of drug-likeness (QED) is 0.0520. The molecule has 0 aliphatic heterocycles. The number of unbranched alkanes of at least 4 members (excludes halogenated alkanes) is 15. The Morgan fingerprint density at radius 1 is 0.811 bits per heavy atom. The Labute approximate surface area is 234 Å². The summed E-state index contributed by atoms with van der Waals surface area (Å²) in [5.74, 6) is -1.55. The molecule has 0 spiro atoms. The summed E-state index contributed by atoms with van der Waals surface area (Å²) in [5, 5.41) is 21.8. The molecule has 0 aromatic heterocycles. The fraction of sp³-hybridized carbons (Fsp3) is 0.963. The van der Waals surface area contributed by atoms with Gasteiger partial charge in [0.05, 0.1) is 27.7 Å². The average molecular weight is 571 g/mol. The highest BCUT2D eigenvalue weighted by molar-refractivity contribution is 7.80. The number of rotatable bonds is 22. The van der Waals surface area contributed by atoms with Crippen molar-refractivity contribution in [2.45, 2.75) is 116 Å². The van der Waals surface area contributed by atoms with Crippen molar-refractivity contribution < 1.29 is 29.0 Å². The number of aliphatic hydroxyl groups is 2. The minimum atomic E-state index is -4.31. The van der Waals surface area contributed by atoms with Crippen molar-refractivity contribution in [3.05, 3.63) is 0 Å². The van der Waals surface area contributed by atoms with Crippen molar-refractivity contribution in [2.24, 2.45) is 0 Å². The molecule has 0 aliphatic carbocycles. The third kappa shape index (κ3) is 28.5. The summed E-state index contributed by atoms with van der Waals surface area (Å²) in [6, 6.07) is 0. The molecule has 0 amide bonds. The van der Waals surface area contributed by atoms with Crippen LogP contribution in [0.3, 0.4) is 0 Å². The first-order valence-electron chi connectivity index (χ1n) is 14.5. The summed E-state index contributed by atoms with van der Waals surface area (Å²) < 4.78 is 10.8. The van der Waals surface area contributed by atoms with Crippen molar-refractivity contribution in [1.82, 2.24) is 10.2 Å². The van der Waals surface area contributed by atoms with Crippen molar-refractivity contribution in [3.8, 4) is 0 Å². The van der Waals surface area contributed by atoms with Crippen LogP contribution in [0.5, 0.6) is 0 Å². The van der Waals surface area contributed by atoms with Crippen molar-refractivity contribution in [1.29, 1.82) is 0 Å². The first-order chi connectivity index (χ1) is 17.4. The SMILES string of the molecule is CCCCCCCCCCCCCCCCCCN(CCO)C(=S)NC.C[N+](C)(C)CC(O)P(=O)(O)O. The molecule has 0 radical (unpaired) electrons. The highest BCUT2D eigenvalue weighted by Gasteiger charge is 2.31. The van der Waals surface area contributed by atoms with Crippen molar-refractivity contribution in [3.63, 3.8) is 0 Å². The van der Waals surface area contributed by atoms with Gasteiger partial charge >= 0.3 is 7.60 Å². The molecule has 0 heterocycles. The molecule has 8 nitrogen and oxygen atoms in total. The first kappa shape index (κ1) is 38.9. The first-order valence-corrected chi connectivity index (χ1v) is 16.6. The Morgan fingerprint density at radius 2 is 1.19 bits per heavy atom. The number of nitrogens with one attached hydrogen (secondary N) is 1. The van der Waals surface area contributed by atoms with Gasteiger partial charge in [-0.3, -0.25) is 4.57 Å². The molecule has 0 bridgehead atoms. The van der Waals surface area contributed by atoms with Crippen LogP contribution in [-0.4, -0.2) is 94.8 Å². The number of likely N-dealkylation sites (N-methyl/N-ethyl adjacent to an activating group) is 1. The Bertz CT molecular complexity index is 573. The zero-order chi connectivity index (χ0) is 28.6. The zero-order valence-corrected chi connectivity index (χ0v) is 26.4. The summed E-state index contributed by atoms with van der Waals surface area (Å²) in [5.41, 5.74) is 0. The van der Waals surface area contributed by atoms with Gasteiger partial charge in [-0.1, -0.05) is 103 Å². The maximum Gasteiger partial charge on any atom is 0.359 e. The number of thiocarbonyl (C=S) groups is 1. The topological polar surface area (TPSA) is 113 Å². The molecule has 0 saturated carbocycles. The lowest BCUT2D eigenvalue weighted by Gasteiger charge is -2.26. The van der Waals surface area contributed by atoms with Gasteiger partial charge in [0.15, 0.2) is 5.11 Å². The van der Waals surface area contributed by atoms with Gasteiger partial charge in [-0.25, -0.2) is 0 Å². The molecule has 37 heavy (non-hydrogen) atoms. The third-order valence-electron chi connectivity index (χ3n) is 6.25.